The number of halogens is 2. The van der Waals surface area contributed by atoms with Crippen molar-refractivity contribution < 1.29 is 22.9 Å². The Hall–Kier alpha value is -4.53. The van der Waals surface area contributed by atoms with Crippen LogP contribution in [0.4, 0.5) is 8.78 Å². The SMILES string of the molecule is Cc1noc(C)c1-c1cc(C(=O)NC(C)C)c2c3cc(C(=O)N4CC(F)C4)ccc3n(Cc3ccc(F)cc3)c2c1. The second kappa shape index (κ2) is 10.1. The third-order valence-corrected chi connectivity index (χ3v) is 7.58. The lowest BCUT2D eigenvalue weighted by Crippen LogP contribution is -2.51. The molecule has 0 bridgehead atoms. The number of hydrogen-bond donors (Lipinski definition) is 1. The van der Waals surface area contributed by atoms with E-state index in [9.17, 15) is 18.4 Å². The van der Waals surface area contributed by atoms with Crippen molar-refractivity contribution >= 4 is 33.6 Å². The summed E-state index contributed by atoms with van der Waals surface area (Å²) in [6.07, 6.45) is -1.01. The van der Waals surface area contributed by atoms with Gasteiger partial charge in [0.05, 0.1) is 24.3 Å². The standard InChI is InChI=1S/C32H30F2N4O3/c1-17(2)35-31(39)26-12-22(29-18(3)36-41-19(29)4)13-28-30(26)25-11-21(32(40)37-15-24(34)16-37)7-10-27(25)38(28)14-20-5-8-23(33)9-6-20/h5-13,17,24H,14-16H2,1-4H3,(H,35,39). The molecule has 3 aromatic carbocycles. The lowest BCUT2D eigenvalue weighted by Gasteiger charge is -2.34. The fourth-order valence-corrected chi connectivity index (χ4v) is 5.63. The predicted octanol–water partition coefficient (Wildman–Crippen LogP) is 6.19. The van der Waals surface area contributed by atoms with Crippen LogP contribution in [0.25, 0.3) is 32.9 Å². The predicted molar refractivity (Wildman–Crippen MR) is 153 cm³/mol. The summed E-state index contributed by atoms with van der Waals surface area (Å²) in [6.45, 7) is 8.03. The fraction of sp³-hybridized carbons (Fsp3) is 0.281. The van der Waals surface area contributed by atoms with Gasteiger partial charge in [0, 0.05) is 45.6 Å². The van der Waals surface area contributed by atoms with Gasteiger partial charge in [-0.1, -0.05) is 17.3 Å². The number of rotatable bonds is 6. The second-order valence-electron chi connectivity index (χ2n) is 11.0. The maximum atomic E-state index is 13.7. The van der Waals surface area contributed by atoms with Gasteiger partial charge in [0.25, 0.3) is 11.8 Å². The maximum absolute atomic E-state index is 13.7. The Labute approximate surface area is 235 Å². The number of amides is 2. The third kappa shape index (κ3) is 4.75. The molecule has 6 rings (SSSR count). The molecule has 1 N–H and O–H groups in total. The van der Waals surface area contributed by atoms with Gasteiger partial charge in [0.15, 0.2) is 0 Å². The van der Waals surface area contributed by atoms with Crippen molar-refractivity contribution in [3.05, 3.63) is 88.6 Å². The summed E-state index contributed by atoms with van der Waals surface area (Å²) in [5.41, 5.74) is 5.61. The van der Waals surface area contributed by atoms with Gasteiger partial charge in [-0.25, -0.2) is 8.78 Å². The molecule has 1 saturated heterocycles. The van der Waals surface area contributed by atoms with Crippen molar-refractivity contribution in [3.63, 3.8) is 0 Å². The Morgan fingerprint density at radius 2 is 1.78 bits per heavy atom. The summed E-state index contributed by atoms with van der Waals surface area (Å²) >= 11 is 0. The average molecular weight is 557 g/mol. The zero-order valence-corrected chi connectivity index (χ0v) is 23.3. The number of aromatic nitrogens is 2. The Balaban J connectivity index is 1.64. The monoisotopic (exact) mass is 556 g/mol. The smallest absolute Gasteiger partial charge is 0.254 e. The molecule has 9 heteroatoms. The Morgan fingerprint density at radius 3 is 2.41 bits per heavy atom. The molecule has 5 aromatic rings. The molecule has 3 heterocycles. The molecule has 0 atom stereocenters. The molecule has 41 heavy (non-hydrogen) atoms. The van der Waals surface area contributed by atoms with Crippen LogP contribution in [0.5, 0.6) is 0 Å². The molecule has 0 aliphatic carbocycles. The number of aryl methyl sites for hydroxylation is 2. The molecule has 1 fully saturated rings. The van der Waals surface area contributed by atoms with Crippen molar-refractivity contribution in [3.8, 4) is 11.1 Å². The second-order valence-corrected chi connectivity index (χ2v) is 11.0. The molecule has 0 saturated carbocycles. The highest BCUT2D eigenvalue weighted by atomic mass is 19.1. The van der Waals surface area contributed by atoms with E-state index >= 15 is 0 Å². The first kappa shape index (κ1) is 26.7. The lowest BCUT2D eigenvalue weighted by molar-refractivity contribution is 0.0400. The van der Waals surface area contributed by atoms with Crippen LogP contribution in [0.2, 0.25) is 0 Å². The normalized spacial score (nSPS) is 13.8. The van der Waals surface area contributed by atoms with Crippen molar-refractivity contribution in [2.75, 3.05) is 13.1 Å². The Morgan fingerprint density at radius 1 is 1.05 bits per heavy atom. The molecule has 210 valence electrons. The van der Waals surface area contributed by atoms with E-state index in [0.717, 1.165) is 33.1 Å². The molecule has 0 spiro atoms. The first-order valence-electron chi connectivity index (χ1n) is 13.6. The Kier molecular flexibility index (Phi) is 6.60. The number of carbonyl (C=O) groups is 2. The van der Waals surface area contributed by atoms with Crippen LogP contribution in [0.3, 0.4) is 0 Å². The average Bonchev–Trinajstić information content (AvgIpc) is 3.42. The quantitative estimate of drug-likeness (QED) is 0.271. The molecule has 7 nitrogen and oxygen atoms in total. The van der Waals surface area contributed by atoms with Gasteiger partial charge >= 0.3 is 0 Å². The molecular formula is C32H30F2N4O3. The van der Waals surface area contributed by atoms with E-state index in [1.54, 1.807) is 24.3 Å². The number of likely N-dealkylation sites (tertiary alicyclic amines) is 1. The van der Waals surface area contributed by atoms with Crippen molar-refractivity contribution in [2.45, 2.75) is 46.5 Å². The van der Waals surface area contributed by atoms with Gasteiger partial charge in [-0.05, 0) is 81.3 Å². The number of nitrogens with one attached hydrogen (secondary N) is 1. The fourth-order valence-electron chi connectivity index (χ4n) is 5.63. The highest BCUT2D eigenvalue weighted by Gasteiger charge is 2.31. The van der Waals surface area contributed by atoms with Gasteiger partial charge in [0.1, 0.15) is 17.7 Å². The van der Waals surface area contributed by atoms with E-state index in [1.807, 2.05) is 45.9 Å². The third-order valence-electron chi connectivity index (χ3n) is 7.58. The molecular weight excluding hydrogens is 526 g/mol. The largest absolute Gasteiger partial charge is 0.361 e. The van der Waals surface area contributed by atoms with Crippen molar-refractivity contribution in [2.24, 2.45) is 0 Å². The topological polar surface area (TPSA) is 80.4 Å². The lowest BCUT2D eigenvalue weighted by atomic mass is 9.96. The van der Waals surface area contributed by atoms with Gasteiger partial charge in [-0.15, -0.1) is 0 Å². The van der Waals surface area contributed by atoms with Crippen LogP contribution in [-0.2, 0) is 6.54 Å². The van der Waals surface area contributed by atoms with Crippen molar-refractivity contribution in [1.29, 1.82) is 0 Å². The van der Waals surface area contributed by atoms with Gasteiger partial charge in [0.2, 0.25) is 0 Å². The maximum Gasteiger partial charge on any atom is 0.254 e. The minimum Gasteiger partial charge on any atom is -0.361 e. The minimum absolute atomic E-state index is 0.0754. The molecule has 2 aromatic heterocycles. The Bertz CT molecular complexity index is 1800. The summed E-state index contributed by atoms with van der Waals surface area (Å²) < 4.78 is 34.8. The van der Waals surface area contributed by atoms with Crippen LogP contribution in [-0.4, -0.2) is 51.7 Å². The van der Waals surface area contributed by atoms with Crippen molar-refractivity contribution in [1.82, 2.24) is 19.9 Å². The highest BCUT2D eigenvalue weighted by Crippen LogP contribution is 2.38. The molecule has 1 aliphatic heterocycles. The van der Waals surface area contributed by atoms with Gasteiger partial charge < -0.3 is 19.3 Å². The summed E-state index contributed by atoms with van der Waals surface area (Å²) in [4.78, 5) is 28.3. The summed E-state index contributed by atoms with van der Waals surface area (Å²) in [5, 5.41) is 8.55. The number of nitrogens with zero attached hydrogens (tertiary/aromatic N) is 3. The van der Waals surface area contributed by atoms with Crippen LogP contribution in [0.15, 0.2) is 59.1 Å². The summed E-state index contributed by atoms with van der Waals surface area (Å²) in [5.74, 6) is -0.194. The van der Waals surface area contributed by atoms with E-state index in [2.05, 4.69) is 15.0 Å². The van der Waals surface area contributed by atoms with E-state index in [4.69, 9.17) is 4.52 Å². The van der Waals surface area contributed by atoms with Crippen LogP contribution in [0, 0.1) is 19.7 Å². The molecule has 0 unspecified atom stereocenters. The van der Waals surface area contributed by atoms with Crippen LogP contribution < -0.4 is 5.32 Å². The highest BCUT2D eigenvalue weighted by molar-refractivity contribution is 6.20. The van der Waals surface area contributed by atoms with Crippen LogP contribution >= 0.6 is 0 Å². The summed E-state index contributed by atoms with van der Waals surface area (Å²) in [6, 6.07) is 15.4. The van der Waals surface area contributed by atoms with E-state index in [-0.39, 0.29) is 36.8 Å². The van der Waals surface area contributed by atoms with Gasteiger partial charge in [-0.2, -0.15) is 0 Å². The molecule has 1 aliphatic rings. The molecule has 0 radical (unpaired) electrons. The minimum atomic E-state index is -1.01. The van der Waals surface area contributed by atoms with E-state index < -0.39 is 6.17 Å². The first-order valence-corrected chi connectivity index (χ1v) is 13.6. The number of carbonyl (C=O) groups excluding carboxylic acids is 2. The first-order chi connectivity index (χ1) is 19.6. The van der Waals surface area contributed by atoms with Gasteiger partial charge in [-0.3, -0.25) is 9.59 Å². The number of hydrogen-bond acceptors (Lipinski definition) is 4. The van der Waals surface area contributed by atoms with E-state index in [1.165, 1.54) is 17.0 Å². The number of alkyl halides is 1. The van der Waals surface area contributed by atoms with Crippen LogP contribution in [0.1, 0.15) is 51.6 Å². The zero-order chi connectivity index (χ0) is 29.0. The molecule has 2 amide bonds. The number of fused-ring (bicyclic) bond motifs is 3. The zero-order valence-electron chi connectivity index (χ0n) is 23.3. The van der Waals surface area contributed by atoms with E-state index in [0.29, 0.717) is 34.5 Å². The number of benzene rings is 3. The summed E-state index contributed by atoms with van der Waals surface area (Å²) in [7, 11) is 0.